The molecular weight excluding hydrogens is 270 g/mol. The van der Waals surface area contributed by atoms with Crippen molar-refractivity contribution in [1.82, 2.24) is 10.9 Å². The molecule has 0 saturated carbocycles. The molecule has 3 N–H and O–H groups in total. The summed E-state index contributed by atoms with van der Waals surface area (Å²) in [6.45, 7) is 7.16. The fourth-order valence-electron chi connectivity index (χ4n) is 1.72. The van der Waals surface area contributed by atoms with Crippen molar-refractivity contribution in [3.05, 3.63) is 23.1 Å². The Morgan fingerprint density at radius 2 is 1.81 bits per heavy atom. The number of nitrogens with zero attached hydrogens (tertiary/aromatic N) is 2. The van der Waals surface area contributed by atoms with E-state index in [1.807, 2.05) is 0 Å². The Hall–Kier alpha value is -1.99. The quantitative estimate of drug-likeness (QED) is 0.481. The summed E-state index contributed by atoms with van der Waals surface area (Å²) in [5, 5.41) is 7.34. The molecule has 0 aliphatic heterocycles. The summed E-state index contributed by atoms with van der Waals surface area (Å²) < 4.78 is 0. The van der Waals surface area contributed by atoms with Crippen LogP contribution in [0.15, 0.2) is 23.4 Å². The molecular formula is C14H23N5O2. The van der Waals surface area contributed by atoms with Gasteiger partial charge in [-0.25, -0.2) is 16.0 Å². The highest BCUT2D eigenvalue weighted by atomic mass is 16.3. The van der Waals surface area contributed by atoms with Gasteiger partial charge in [0.1, 0.15) is 5.69 Å². The molecule has 0 fully saturated rings. The summed E-state index contributed by atoms with van der Waals surface area (Å²) >= 11 is 0. The van der Waals surface area contributed by atoms with Crippen LogP contribution < -0.4 is 21.3 Å². The van der Waals surface area contributed by atoms with Gasteiger partial charge in [-0.3, -0.25) is 4.79 Å². The van der Waals surface area contributed by atoms with Gasteiger partial charge in [0.15, 0.2) is 0 Å². The zero-order valence-corrected chi connectivity index (χ0v) is 12.8. The third kappa shape index (κ3) is 5.49. The Labute approximate surface area is 125 Å². The van der Waals surface area contributed by atoms with Crippen LogP contribution in [0.3, 0.4) is 0 Å². The van der Waals surface area contributed by atoms with Crippen molar-refractivity contribution in [2.75, 3.05) is 23.5 Å². The van der Waals surface area contributed by atoms with Crippen molar-refractivity contribution in [3.8, 4) is 0 Å². The molecule has 0 atom stereocenters. The number of hydrazine groups is 2. The number of amides is 1. The second kappa shape index (κ2) is 9.04. The van der Waals surface area contributed by atoms with E-state index in [2.05, 4.69) is 35.2 Å². The van der Waals surface area contributed by atoms with Gasteiger partial charge in [-0.2, -0.15) is 0 Å². The molecule has 1 amide bonds. The van der Waals surface area contributed by atoms with Crippen molar-refractivity contribution in [3.63, 3.8) is 0 Å². The van der Waals surface area contributed by atoms with Gasteiger partial charge < -0.3 is 5.32 Å². The Kier molecular flexibility index (Phi) is 7.34. The molecule has 116 valence electrons. The van der Waals surface area contributed by atoms with E-state index in [0.717, 1.165) is 31.6 Å². The summed E-state index contributed by atoms with van der Waals surface area (Å²) in [7, 11) is 0. The Balaban J connectivity index is 3.00. The number of rotatable bonds is 9. The van der Waals surface area contributed by atoms with E-state index in [9.17, 15) is 9.70 Å². The summed E-state index contributed by atoms with van der Waals surface area (Å²) in [6.07, 6.45) is 1.97. The largest absolute Gasteiger partial charge is 0.324 e. The van der Waals surface area contributed by atoms with Gasteiger partial charge >= 0.3 is 0 Å². The van der Waals surface area contributed by atoms with E-state index in [1.54, 1.807) is 23.3 Å². The maximum atomic E-state index is 11.2. The number of nitroso groups, excluding NO2 is 1. The van der Waals surface area contributed by atoms with Crippen molar-refractivity contribution < 1.29 is 4.79 Å². The van der Waals surface area contributed by atoms with E-state index in [0.29, 0.717) is 5.69 Å². The zero-order valence-electron chi connectivity index (χ0n) is 12.8. The Morgan fingerprint density at radius 1 is 1.19 bits per heavy atom. The monoisotopic (exact) mass is 293 g/mol. The molecule has 0 bridgehead atoms. The maximum Gasteiger partial charge on any atom is 0.221 e. The molecule has 1 aromatic rings. The summed E-state index contributed by atoms with van der Waals surface area (Å²) in [5.74, 6) is -0.244. The number of nitrogens with one attached hydrogen (secondary N) is 3. The highest BCUT2D eigenvalue weighted by Gasteiger charge is 2.10. The van der Waals surface area contributed by atoms with Crippen LogP contribution in [0.1, 0.15) is 33.6 Å². The molecule has 21 heavy (non-hydrogen) atoms. The lowest BCUT2D eigenvalue weighted by molar-refractivity contribution is -0.114. The molecule has 7 nitrogen and oxygen atoms in total. The first-order valence-corrected chi connectivity index (χ1v) is 7.14. The normalized spacial score (nSPS) is 10.2. The first-order valence-electron chi connectivity index (χ1n) is 7.14. The Morgan fingerprint density at radius 3 is 2.29 bits per heavy atom. The number of benzene rings is 1. The summed E-state index contributed by atoms with van der Waals surface area (Å²) in [5.41, 5.74) is 7.89. The average molecular weight is 293 g/mol. The smallest absolute Gasteiger partial charge is 0.221 e. The minimum absolute atomic E-state index is 0.208. The second-order valence-electron chi connectivity index (χ2n) is 4.63. The second-order valence-corrected chi connectivity index (χ2v) is 4.63. The minimum Gasteiger partial charge on any atom is -0.324 e. The predicted octanol–water partition coefficient (Wildman–Crippen LogP) is 2.68. The minimum atomic E-state index is -0.244. The predicted molar refractivity (Wildman–Crippen MR) is 85.3 cm³/mol. The molecule has 1 aromatic carbocycles. The van der Waals surface area contributed by atoms with Crippen LogP contribution in [0.25, 0.3) is 0 Å². The lowest BCUT2D eigenvalue weighted by Crippen LogP contribution is -2.49. The van der Waals surface area contributed by atoms with Crippen LogP contribution in [0.5, 0.6) is 0 Å². The van der Waals surface area contributed by atoms with Gasteiger partial charge in [0.2, 0.25) is 5.91 Å². The average Bonchev–Trinajstić information content (AvgIpc) is 2.47. The van der Waals surface area contributed by atoms with Crippen LogP contribution in [-0.4, -0.2) is 19.0 Å². The molecule has 0 heterocycles. The van der Waals surface area contributed by atoms with Crippen LogP contribution in [0, 0.1) is 4.91 Å². The van der Waals surface area contributed by atoms with E-state index in [-0.39, 0.29) is 11.6 Å². The molecule has 0 aromatic heterocycles. The van der Waals surface area contributed by atoms with Crippen LogP contribution in [0.2, 0.25) is 0 Å². The molecule has 1 rings (SSSR count). The number of hydrogen-bond donors (Lipinski definition) is 3. The van der Waals surface area contributed by atoms with E-state index < -0.39 is 0 Å². The van der Waals surface area contributed by atoms with Gasteiger partial charge in [0.05, 0.1) is 11.4 Å². The van der Waals surface area contributed by atoms with Crippen molar-refractivity contribution in [1.29, 1.82) is 0 Å². The van der Waals surface area contributed by atoms with Crippen LogP contribution in [-0.2, 0) is 4.79 Å². The van der Waals surface area contributed by atoms with Crippen molar-refractivity contribution >= 4 is 23.0 Å². The highest BCUT2D eigenvalue weighted by molar-refractivity contribution is 5.92. The summed E-state index contributed by atoms with van der Waals surface area (Å²) in [6, 6.07) is 5.07. The number of hydrogen-bond acceptors (Lipinski definition) is 6. The van der Waals surface area contributed by atoms with E-state index in [4.69, 9.17) is 0 Å². The maximum absolute atomic E-state index is 11.2. The van der Waals surface area contributed by atoms with E-state index >= 15 is 0 Å². The molecule has 0 aliphatic rings. The molecule has 0 saturated heterocycles. The van der Waals surface area contributed by atoms with Gasteiger partial charge in [-0.15, -0.1) is 4.91 Å². The van der Waals surface area contributed by atoms with Gasteiger partial charge in [0.25, 0.3) is 0 Å². The van der Waals surface area contributed by atoms with E-state index in [1.165, 1.54) is 6.92 Å². The number of anilines is 2. The van der Waals surface area contributed by atoms with Crippen LogP contribution in [0.4, 0.5) is 17.1 Å². The molecule has 7 heteroatoms. The van der Waals surface area contributed by atoms with Crippen LogP contribution >= 0.6 is 0 Å². The highest BCUT2D eigenvalue weighted by Crippen LogP contribution is 2.29. The molecule has 0 radical (unpaired) electrons. The third-order valence-corrected chi connectivity index (χ3v) is 2.69. The third-order valence-electron chi connectivity index (χ3n) is 2.69. The molecule has 0 aliphatic carbocycles. The topological polar surface area (TPSA) is 85.8 Å². The Bertz CT molecular complexity index is 470. The van der Waals surface area contributed by atoms with Gasteiger partial charge in [0, 0.05) is 20.0 Å². The number of carbonyl (C=O) groups is 1. The van der Waals surface area contributed by atoms with Gasteiger partial charge in [-0.1, -0.05) is 13.8 Å². The SMILES string of the molecule is CCCNN(NCCC)c1ccc(N=O)c(NC(C)=O)c1. The summed E-state index contributed by atoms with van der Waals surface area (Å²) in [4.78, 5) is 22.0. The lowest BCUT2D eigenvalue weighted by Gasteiger charge is -2.26. The van der Waals surface area contributed by atoms with Gasteiger partial charge in [-0.05, 0) is 36.2 Å². The first kappa shape index (κ1) is 17.1. The first-order chi connectivity index (χ1) is 10.1. The molecule has 0 spiro atoms. The fraction of sp³-hybridized carbons (Fsp3) is 0.500. The zero-order chi connectivity index (χ0) is 15.7. The fourth-order valence-corrected chi connectivity index (χ4v) is 1.72. The van der Waals surface area contributed by atoms with Crippen molar-refractivity contribution in [2.45, 2.75) is 33.6 Å². The lowest BCUT2D eigenvalue weighted by atomic mass is 10.2. The standard InChI is InChI=1S/C14H23N5O2/c1-4-8-15-19(16-9-5-2)12-6-7-13(18-21)14(10-12)17-11(3)20/h6-7,10,15-16H,4-5,8-9H2,1-3H3,(H,17,20). The van der Waals surface area contributed by atoms with Crippen molar-refractivity contribution in [2.24, 2.45) is 5.18 Å². The number of carbonyl (C=O) groups excluding carboxylic acids is 1. The molecule has 0 unspecified atom stereocenters.